The van der Waals surface area contributed by atoms with E-state index in [2.05, 4.69) is 21.9 Å². The summed E-state index contributed by atoms with van der Waals surface area (Å²) in [7, 11) is 0. The van der Waals surface area contributed by atoms with Crippen LogP contribution in [0.3, 0.4) is 0 Å². The minimum absolute atomic E-state index is 0.0293. The number of hydrogen-bond donors (Lipinski definition) is 0. The zero-order chi connectivity index (χ0) is 19.9. The molecule has 1 rings (SSSR count). The second-order valence-electron chi connectivity index (χ2n) is 5.77. The molecule has 0 unspecified atom stereocenters. The van der Waals surface area contributed by atoms with E-state index in [1.165, 1.54) is 26.3 Å². The van der Waals surface area contributed by atoms with E-state index in [0.717, 1.165) is 0 Å². The van der Waals surface area contributed by atoms with Crippen LogP contribution in [0.2, 0.25) is 0 Å². The number of rotatable bonds is 8. The second kappa shape index (κ2) is 9.49. The lowest BCUT2D eigenvalue weighted by Crippen LogP contribution is -2.45. The van der Waals surface area contributed by atoms with Gasteiger partial charge in [0, 0.05) is 25.3 Å². The third kappa shape index (κ3) is 5.40. The van der Waals surface area contributed by atoms with Crippen LogP contribution in [0.25, 0.3) is 0 Å². The molecule has 1 amide bonds. The third-order valence-electron chi connectivity index (χ3n) is 3.57. The molecule has 6 nitrogen and oxygen atoms in total. The van der Waals surface area contributed by atoms with Gasteiger partial charge in [-0.05, 0) is 40.5 Å². The maximum atomic E-state index is 13.0. The fourth-order valence-corrected chi connectivity index (χ4v) is 2.28. The topological polar surface area (TPSA) is 61.7 Å². The molecule has 1 aromatic rings. The van der Waals surface area contributed by atoms with Crippen molar-refractivity contribution in [2.24, 2.45) is 4.99 Å². The SMILES string of the molecule is [CH2]CCC=Nc1nc(N(CC)CC)ncc1N(C(=O)C(F)(F)F)C(C)C. The first-order valence-electron chi connectivity index (χ1n) is 8.51. The highest BCUT2D eigenvalue weighted by atomic mass is 19.4. The molecular formula is C17H25F3N5O. The highest BCUT2D eigenvalue weighted by Gasteiger charge is 2.44. The Balaban J connectivity index is 3.48. The number of alkyl halides is 3. The Morgan fingerprint density at radius 2 is 1.96 bits per heavy atom. The monoisotopic (exact) mass is 372 g/mol. The number of amides is 1. The molecule has 0 bridgehead atoms. The number of hydrogen-bond acceptors (Lipinski definition) is 5. The Morgan fingerprint density at radius 3 is 2.42 bits per heavy atom. The van der Waals surface area contributed by atoms with Gasteiger partial charge in [0.2, 0.25) is 5.95 Å². The molecule has 26 heavy (non-hydrogen) atoms. The van der Waals surface area contributed by atoms with Gasteiger partial charge < -0.3 is 4.90 Å². The van der Waals surface area contributed by atoms with E-state index in [-0.39, 0.29) is 11.5 Å². The molecule has 0 saturated carbocycles. The zero-order valence-electron chi connectivity index (χ0n) is 15.5. The number of aliphatic imine (C=N–C) groups is 1. The maximum absolute atomic E-state index is 13.0. The van der Waals surface area contributed by atoms with E-state index in [1.54, 1.807) is 0 Å². The Hall–Kier alpha value is -2.19. The molecule has 1 radical (unpaired) electrons. The van der Waals surface area contributed by atoms with E-state index < -0.39 is 18.1 Å². The van der Waals surface area contributed by atoms with Crippen LogP contribution in [0, 0.1) is 6.92 Å². The molecule has 0 atom stereocenters. The standard InChI is InChI=1S/C17H25F3N5O/c1-6-9-10-21-14-13(11-22-16(23-14)24(7-2)8-3)25(12(4)5)15(26)17(18,19)20/h10-12H,1,6-9H2,2-5H3. The average Bonchev–Trinajstić information content (AvgIpc) is 2.56. The average molecular weight is 372 g/mol. The van der Waals surface area contributed by atoms with Gasteiger partial charge in [-0.25, -0.2) is 9.98 Å². The summed E-state index contributed by atoms with van der Waals surface area (Å²) in [5.74, 6) is -1.59. The number of nitrogens with zero attached hydrogens (tertiary/aromatic N) is 5. The molecule has 1 heterocycles. The van der Waals surface area contributed by atoms with Crippen molar-refractivity contribution in [2.75, 3.05) is 22.9 Å². The molecule has 0 aliphatic carbocycles. The first kappa shape index (κ1) is 21.9. The number of anilines is 2. The zero-order valence-corrected chi connectivity index (χ0v) is 15.5. The predicted molar refractivity (Wildman–Crippen MR) is 97.0 cm³/mol. The van der Waals surface area contributed by atoms with Crippen molar-refractivity contribution in [3.8, 4) is 0 Å². The largest absolute Gasteiger partial charge is 0.471 e. The summed E-state index contributed by atoms with van der Waals surface area (Å²) in [6.45, 7) is 11.8. The normalized spacial score (nSPS) is 12.0. The highest BCUT2D eigenvalue weighted by molar-refractivity contribution is 5.99. The van der Waals surface area contributed by atoms with Crippen LogP contribution in [-0.4, -0.2) is 47.4 Å². The van der Waals surface area contributed by atoms with Crippen LogP contribution in [0.15, 0.2) is 11.2 Å². The van der Waals surface area contributed by atoms with Gasteiger partial charge >= 0.3 is 12.1 Å². The lowest BCUT2D eigenvalue weighted by atomic mass is 10.2. The number of halogens is 3. The van der Waals surface area contributed by atoms with E-state index >= 15 is 0 Å². The van der Waals surface area contributed by atoms with Gasteiger partial charge in [-0.15, -0.1) is 0 Å². The Labute approximate surface area is 152 Å². The van der Waals surface area contributed by atoms with Crippen molar-refractivity contribution in [1.29, 1.82) is 0 Å². The molecule has 0 aliphatic rings. The molecule has 1 aromatic heterocycles. The predicted octanol–water partition coefficient (Wildman–Crippen LogP) is 3.94. The molecule has 0 aliphatic heterocycles. The van der Waals surface area contributed by atoms with Crippen LogP contribution in [0.1, 0.15) is 40.5 Å². The van der Waals surface area contributed by atoms with E-state index in [0.29, 0.717) is 36.8 Å². The van der Waals surface area contributed by atoms with Crippen molar-refractivity contribution >= 4 is 29.6 Å². The summed E-state index contributed by atoms with van der Waals surface area (Å²) < 4.78 is 39.0. The minimum atomic E-state index is -5.00. The summed E-state index contributed by atoms with van der Waals surface area (Å²) in [4.78, 5) is 27.0. The van der Waals surface area contributed by atoms with Crippen LogP contribution < -0.4 is 9.80 Å². The molecular weight excluding hydrogens is 347 g/mol. The van der Waals surface area contributed by atoms with Gasteiger partial charge in [-0.3, -0.25) is 9.69 Å². The summed E-state index contributed by atoms with van der Waals surface area (Å²) in [6, 6.07) is -0.742. The smallest absolute Gasteiger partial charge is 0.341 e. The summed E-state index contributed by atoms with van der Waals surface area (Å²) in [5.41, 5.74) is -0.0708. The van der Waals surface area contributed by atoms with Gasteiger partial charge in [0.1, 0.15) is 5.69 Å². The van der Waals surface area contributed by atoms with Crippen LogP contribution >= 0.6 is 0 Å². The van der Waals surface area contributed by atoms with E-state index in [1.807, 2.05) is 18.7 Å². The second-order valence-corrected chi connectivity index (χ2v) is 5.77. The van der Waals surface area contributed by atoms with Crippen molar-refractivity contribution < 1.29 is 18.0 Å². The van der Waals surface area contributed by atoms with Crippen molar-refractivity contribution in [1.82, 2.24) is 9.97 Å². The first-order chi connectivity index (χ1) is 12.2. The van der Waals surface area contributed by atoms with Gasteiger partial charge in [0.15, 0.2) is 5.82 Å². The molecule has 0 N–H and O–H groups in total. The maximum Gasteiger partial charge on any atom is 0.471 e. The van der Waals surface area contributed by atoms with Gasteiger partial charge in [-0.2, -0.15) is 18.2 Å². The van der Waals surface area contributed by atoms with Crippen LogP contribution in [0.4, 0.5) is 30.6 Å². The Kier molecular flexibility index (Phi) is 7.98. The first-order valence-corrected chi connectivity index (χ1v) is 8.51. The number of carbonyl (C=O) groups excluding carboxylic acids is 1. The fourth-order valence-electron chi connectivity index (χ4n) is 2.28. The van der Waals surface area contributed by atoms with E-state index in [4.69, 9.17) is 0 Å². The summed E-state index contributed by atoms with van der Waals surface area (Å²) in [6.07, 6.45) is -1.13. The van der Waals surface area contributed by atoms with Crippen LogP contribution in [-0.2, 0) is 4.79 Å². The van der Waals surface area contributed by atoms with Gasteiger partial charge in [-0.1, -0.05) is 6.92 Å². The number of unbranched alkanes of at least 4 members (excludes halogenated alkanes) is 1. The number of aromatic nitrogens is 2. The highest BCUT2D eigenvalue weighted by Crippen LogP contribution is 2.32. The summed E-state index contributed by atoms with van der Waals surface area (Å²) >= 11 is 0. The van der Waals surface area contributed by atoms with Crippen LogP contribution in [0.5, 0.6) is 0 Å². The minimum Gasteiger partial charge on any atom is -0.341 e. The molecule has 145 valence electrons. The van der Waals surface area contributed by atoms with Gasteiger partial charge in [0.25, 0.3) is 0 Å². The van der Waals surface area contributed by atoms with Crippen molar-refractivity contribution in [3.63, 3.8) is 0 Å². The third-order valence-corrected chi connectivity index (χ3v) is 3.57. The van der Waals surface area contributed by atoms with E-state index in [9.17, 15) is 18.0 Å². The lowest BCUT2D eigenvalue weighted by Gasteiger charge is -2.28. The Bertz CT molecular complexity index is 627. The fraction of sp³-hybridized carbons (Fsp3) is 0.588. The summed E-state index contributed by atoms with van der Waals surface area (Å²) in [5, 5.41) is 0. The molecule has 0 fully saturated rings. The van der Waals surface area contributed by atoms with Crippen molar-refractivity contribution in [2.45, 2.75) is 52.8 Å². The van der Waals surface area contributed by atoms with Crippen molar-refractivity contribution in [3.05, 3.63) is 13.1 Å². The molecule has 0 aromatic carbocycles. The Morgan fingerprint density at radius 1 is 1.35 bits per heavy atom. The molecule has 0 saturated heterocycles. The molecule has 9 heteroatoms. The quantitative estimate of drug-likeness (QED) is 0.649. The number of carbonyl (C=O) groups is 1. The molecule has 0 spiro atoms. The van der Waals surface area contributed by atoms with Gasteiger partial charge in [0.05, 0.1) is 6.20 Å². The lowest BCUT2D eigenvalue weighted by molar-refractivity contribution is -0.170.